The van der Waals surface area contributed by atoms with Crippen molar-refractivity contribution in [1.82, 2.24) is 15.8 Å². The molecule has 2 aromatic rings. The van der Waals surface area contributed by atoms with Crippen LogP contribution in [0.4, 0.5) is 5.69 Å². The molecule has 2 aromatic carbocycles. The summed E-state index contributed by atoms with van der Waals surface area (Å²) < 4.78 is 5.18. The number of ether oxygens (including phenoxy) is 1. The van der Waals surface area contributed by atoms with Crippen molar-refractivity contribution < 1.29 is 4.74 Å². The number of nitrogens with zero attached hydrogens (tertiary/aromatic N) is 1. The van der Waals surface area contributed by atoms with E-state index in [0.29, 0.717) is 0 Å². The average Bonchev–Trinajstić information content (AvgIpc) is 3.00. The Morgan fingerprint density at radius 1 is 1.23 bits per heavy atom. The van der Waals surface area contributed by atoms with Gasteiger partial charge in [-0.3, -0.25) is 5.32 Å². The molecule has 0 aromatic heterocycles. The third-order valence-corrected chi connectivity index (χ3v) is 3.76. The lowest BCUT2D eigenvalue weighted by Gasteiger charge is -2.14. The molecule has 1 aliphatic rings. The van der Waals surface area contributed by atoms with Gasteiger partial charge in [-0.1, -0.05) is 24.3 Å². The minimum absolute atomic E-state index is 0.174. The molecule has 0 amide bonds. The minimum Gasteiger partial charge on any atom is -0.497 e. The molecule has 5 nitrogen and oxygen atoms in total. The van der Waals surface area contributed by atoms with Crippen LogP contribution >= 0.6 is 0 Å². The average molecular weight is 298 g/mol. The molecule has 1 unspecified atom stereocenters. The van der Waals surface area contributed by atoms with Gasteiger partial charge >= 0.3 is 0 Å². The van der Waals surface area contributed by atoms with E-state index in [-0.39, 0.29) is 6.17 Å². The SMILES string of the molecule is COc1ccc(CNc2cccc(C3NCN(C)N3)c2)cc1. The van der Waals surface area contributed by atoms with E-state index in [1.54, 1.807) is 7.11 Å². The summed E-state index contributed by atoms with van der Waals surface area (Å²) in [7, 11) is 3.71. The van der Waals surface area contributed by atoms with E-state index in [1.165, 1.54) is 11.1 Å². The molecule has 3 rings (SSSR count). The summed E-state index contributed by atoms with van der Waals surface area (Å²) in [5.41, 5.74) is 6.93. The molecule has 1 aliphatic heterocycles. The van der Waals surface area contributed by atoms with Crippen molar-refractivity contribution in [2.45, 2.75) is 12.7 Å². The second kappa shape index (κ2) is 6.79. The van der Waals surface area contributed by atoms with Gasteiger partial charge in [0.2, 0.25) is 0 Å². The van der Waals surface area contributed by atoms with Gasteiger partial charge in [-0.2, -0.15) is 0 Å². The van der Waals surface area contributed by atoms with Crippen LogP contribution in [0.2, 0.25) is 0 Å². The molecule has 1 saturated heterocycles. The van der Waals surface area contributed by atoms with Crippen LogP contribution in [0.3, 0.4) is 0 Å². The number of nitrogens with one attached hydrogen (secondary N) is 3. The number of hydrogen-bond donors (Lipinski definition) is 3. The first-order valence-electron chi connectivity index (χ1n) is 7.42. The first-order chi connectivity index (χ1) is 10.7. The van der Waals surface area contributed by atoms with E-state index < -0.39 is 0 Å². The van der Waals surface area contributed by atoms with Crippen LogP contribution in [-0.2, 0) is 6.54 Å². The van der Waals surface area contributed by atoms with Gasteiger partial charge in [0.15, 0.2) is 0 Å². The maximum absolute atomic E-state index is 5.18. The number of benzene rings is 2. The Bertz CT molecular complexity index is 614. The molecule has 0 radical (unpaired) electrons. The van der Waals surface area contributed by atoms with Crippen LogP contribution in [0, 0.1) is 0 Å². The number of anilines is 1. The number of hydrogen-bond acceptors (Lipinski definition) is 5. The van der Waals surface area contributed by atoms with Crippen molar-refractivity contribution in [2.24, 2.45) is 0 Å². The zero-order chi connectivity index (χ0) is 15.4. The van der Waals surface area contributed by atoms with E-state index in [9.17, 15) is 0 Å². The predicted molar refractivity (Wildman–Crippen MR) is 88.4 cm³/mol. The predicted octanol–water partition coefficient (Wildman–Crippen LogP) is 2.30. The molecule has 116 valence electrons. The van der Waals surface area contributed by atoms with Gasteiger partial charge < -0.3 is 10.1 Å². The molecular weight excluding hydrogens is 276 g/mol. The Morgan fingerprint density at radius 3 is 2.73 bits per heavy atom. The Hall–Kier alpha value is -2.08. The summed E-state index contributed by atoms with van der Waals surface area (Å²) in [6, 6.07) is 16.6. The largest absolute Gasteiger partial charge is 0.497 e. The van der Waals surface area contributed by atoms with Crippen molar-refractivity contribution in [3.63, 3.8) is 0 Å². The summed E-state index contributed by atoms with van der Waals surface area (Å²) >= 11 is 0. The monoisotopic (exact) mass is 298 g/mol. The Kier molecular flexibility index (Phi) is 4.58. The first-order valence-corrected chi connectivity index (χ1v) is 7.42. The molecule has 5 heteroatoms. The van der Waals surface area contributed by atoms with E-state index in [0.717, 1.165) is 24.7 Å². The summed E-state index contributed by atoms with van der Waals surface area (Å²) in [5, 5.41) is 8.92. The third kappa shape index (κ3) is 3.57. The fraction of sp³-hybridized carbons (Fsp3) is 0.294. The second-order valence-electron chi connectivity index (χ2n) is 5.45. The smallest absolute Gasteiger partial charge is 0.118 e. The molecule has 22 heavy (non-hydrogen) atoms. The molecule has 0 spiro atoms. The normalized spacial score (nSPS) is 18.4. The Labute approximate surface area is 131 Å². The van der Waals surface area contributed by atoms with Crippen LogP contribution in [0.1, 0.15) is 17.3 Å². The highest BCUT2D eigenvalue weighted by molar-refractivity contribution is 5.47. The van der Waals surface area contributed by atoms with Crippen molar-refractivity contribution in [1.29, 1.82) is 0 Å². The lowest BCUT2D eigenvalue weighted by atomic mass is 10.1. The second-order valence-corrected chi connectivity index (χ2v) is 5.45. The molecule has 0 bridgehead atoms. The van der Waals surface area contributed by atoms with Crippen molar-refractivity contribution in [3.05, 3.63) is 59.7 Å². The number of hydrazine groups is 1. The highest BCUT2D eigenvalue weighted by Gasteiger charge is 2.19. The quantitative estimate of drug-likeness (QED) is 0.791. The highest BCUT2D eigenvalue weighted by Crippen LogP contribution is 2.19. The Balaban J connectivity index is 1.62. The van der Waals surface area contributed by atoms with Crippen LogP contribution in [0.5, 0.6) is 5.75 Å². The Morgan fingerprint density at radius 2 is 2.05 bits per heavy atom. The maximum Gasteiger partial charge on any atom is 0.118 e. The molecule has 0 aliphatic carbocycles. The van der Waals surface area contributed by atoms with Crippen LogP contribution in [0.25, 0.3) is 0 Å². The van der Waals surface area contributed by atoms with Gasteiger partial charge in [-0.25, -0.2) is 10.4 Å². The van der Waals surface area contributed by atoms with Crippen LogP contribution < -0.4 is 20.8 Å². The van der Waals surface area contributed by atoms with Gasteiger partial charge in [0.25, 0.3) is 0 Å². The summed E-state index contributed by atoms with van der Waals surface area (Å²) in [6.07, 6.45) is 0.174. The summed E-state index contributed by atoms with van der Waals surface area (Å²) in [6.45, 7) is 1.63. The zero-order valence-electron chi connectivity index (χ0n) is 13.0. The fourth-order valence-electron chi connectivity index (χ4n) is 2.51. The van der Waals surface area contributed by atoms with E-state index >= 15 is 0 Å². The highest BCUT2D eigenvalue weighted by atomic mass is 16.5. The van der Waals surface area contributed by atoms with Gasteiger partial charge in [-0.15, -0.1) is 0 Å². The third-order valence-electron chi connectivity index (χ3n) is 3.76. The minimum atomic E-state index is 0.174. The molecular formula is C17H22N4O. The van der Waals surface area contributed by atoms with Crippen LogP contribution in [-0.4, -0.2) is 25.8 Å². The standard InChI is InChI=1S/C17H22N4O/c1-21-12-19-17(20-21)14-4-3-5-15(10-14)18-11-13-6-8-16(22-2)9-7-13/h3-10,17-20H,11-12H2,1-2H3. The zero-order valence-corrected chi connectivity index (χ0v) is 13.0. The van der Waals surface area contributed by atoms with Crippen molar-refractivity contribution in [2.75, 3.05) is 26.1 Å². The lowest BCUT2D eigenvalue weighted by molar-refractivity contribution is 0.292. The van der Waals surface area contributed by atoms with E-state index in [1.807, 2.05) is 24.2 Å². The van der Waals surface area contributed by atoms with Gasteiger partial charge in [0.1, 0.15) is 5.75 Å². The van der Waals surface area contributed by atoms with Gasteiger partial charge in [0.05, 0.1) is 19.9 Å². The maximum atomic E-state index is 5.18. The topological polar surface area (TPSA) is 48.6 Å². The molecule has 1 fully saturated rings. The molecule has 0 saturated carbocycles. The van der Waals surface area contributed by atoms with Crippen LogP contribution in [0.15, 0.2) is 48.5 Å². The summed E-state index contributed by atoms with van der Waals surface area (Å²) in [5.74, 6) is 0.883. The first kappa shape index (κ1) is 14.8. The van der Waals surface area contributed by atoms with E-state index in [2.05, 4.69) is 52.5 Å². The van der Waals surface area contributed by atoms with Crippen molar-refractivity contribution in [3.8, 4) is 5.75 Å². The fourth-order valence-corrected chi connectivity index (χ4v) is 2.51. The molecule has 1 atom stereocenters. The van der Waals surface area contributed by atoms with Gasteiger partial charge in [0, 0.05) is 19.3 Å². The number of methoxy groups -OCH3 is 1. The van der Waals surface area contributed by atoms with Gasteiger partial charge in [-0.05, 0) is 35.4 Å². The van der Waals surface area contributed by atoms with Crippen molar-refractivity contribution >= 4 is 5.69 Å². The number of rotatable bonds is 5. The molecule has 1 heterocycles. The molecule has 3 N–H and O–H groups in total. The lowest BCUT2D eigenvalue weighted by Crippen LogP contribution is -2.28. The van der Waals surface area contributed by atoms with E-state index in [4.69, 9.17) is 4.74 Å². The summed E-state index contributed by atoms with van der Waals surface area (Å²) in [4.78, 5) is 0.